The minimum absolute atomic E-state index is 0.0732. The van der Waals surface area contributed by atoms with Crippen molar-refractivity contribution in [1.29, 1.82) is 0 Å². The van der Waals surface area contributed by atoms with Crippen molar-refractivity contribution in [2.45, 2.75) is 58.2 Å². The monoisotopic (exact) mass is 455 g/mol. The number of esters is 1. The largest absolute Gasteiger partial charge is 0.459 e. The van der Waals surface area contributed by atoms with Crippen LogP contribution in [0.5, 0.6) is 0 Å². The predicted octanol–water partition coefficient (Wildman–Crippen LogP) is -0.418. The third kappa shape index (κ3) is 7.43. The number of nitrogens with zero attached hydrogens (tertiary/aromatic N) is 3. The van der Waals surface area contributed by atoms with Gasteiger partial charge in [0.15, 0.2) is 17.0 Å². The number of alkyl carbamates (subject to hydrolysis) is 1. The van der Waals surface area contributed by atoms with E-state index in [-0.39, 0.29) is 36.2 Å². The van der Waals surface area contributed by atoms with Gasteiger partial charge in [-0.15, -0.1) is 0 Å². The Morgan fingerprint density at radius 3 is 2.77 bits per heavy atom. The van der Waals surface area contributed by atoms with Gasteiger partial charge in [0.1, 0.15) is 11.6 Å². The highest BCUT2D eigenvalue weighted by atomic mass is 32.1. The molecule has 12 nitrogen and oxygen atoms in total. The number of guanidine groups is 1. The average Bonchev–Trinajstić information content (AvgIpc) is 3.10. The summed E-state index contributed by atoms with van der Waals surface area (Å²) in [6, 6.07) is -1.51. The van der Waals surface area contributed by atoms with Gasteiger partial charge in [0.05, 0.1) is 13.3 Å². The maximum atomic E-state index is 12.5. The first kappa shape index (κ1) is 24.5. The van der Waals surface area contributed by atoms with E-state index in [9.17, 15) is 14.4 Å². The van der Waals surface area contributed by atoms with Gasteiger partial charge in [-0.1, -0.05) is 0 Å². The normalized spacial score (nSPS) is 23.0. The number of ether oxygens (including phenoxy) is 2. The van der Waals surface area contributed by atoms with Crippen LogP contribution in [0.1, 0.15) is 40.5 Å². The fourth-order valence-electron chi connectivity index (χ4n) is 3.01. The molecule has 2 unspecified atom stereocenters. The van der Waals surface area contributed by atoms with Gasteiger partial charge < -0.3 is 20.5 Å². The lowest BCUT2D eigenvalue weighted by Gasteiger charge is -2.27. The molecule has 0 saturated carbocycles. The van der Waals surface area contributed by atoms with E-state index in [1.165, 1.54) is 0 Å². The van der Waals surface area contributed by atoms with Crippen molar-refractivity contribution in [1.82, 2.24) is 20.9 Å². The van der Waals surface area contributed by atoms with Crippen molar-refractivity contribution in [2.24, 2.45) is 15.7 Å². The highest BCUT2D eigenvalue weighted by Crippen LogP contribution is 2.21. The zero-order valence-electron chi connectivity index (χ0n) is 18.1. The molecular formula is C18H29N7O5S. The Kier molecular flexibility index (Phi) is 8.28. The summed E-state index contributed by atoms with van der Waals surface area (Å²) in [5, 5.41) is 7.22. The molecule has 13 heteroatoms. The van der Waals surface area contributed by atoms with Crippen LogP contribution >= 0.6 is 12.2 Å². The molecule has 0 spiro atoms. The first-order valence-corrected chi connectivity index (χ1v) is 10.3. The molecule has 5 N–H and O–H groups in total. The van der Waals surface area contributed by atoms with E-state index in [1.807, 2.05) is 25.7 Å². The molecule has 172 valence electrons. The fraction of sp³-hybridized carbons (Fsp3) is 0.667. The van der Waals surface area contributed by atoms with Gasteiger partial charge in [-0.3, -0.25) is 30.1 Å². The number of nitrogens with two attached hydrogens (primary N) is 1. The number of amides is 2. The summed E-state index contributed by atoms with van der Waals surface area (Å²) >= 11 is 5.05. The number of rotatable bonds is 5. The zero-order chi connectivity index (χ0) is 23.2. The maximum absolute atomic E-state index is 12.5. The molecule has 2 atom stereocenters. The minimum Gasteiger partial charge on any atom is -0.459 e. The summed E-state index contributed by atoms with van der Waals surface area (Å²) in [7, 11) is 0. The first-order chi connectivity index (χ1) is 14.5. The molecule has 0 aromatic rings. The molecule has 2 rings (SSSR count). The molecule has 0 aromatic carbocycles. The molecule has 2 aliphatic heterocycles. The summed E-state index contributed by atoms with van der Waals surface area (Å²) < 4.78 is 10.2. The molecule has 0 bridgehead atoms. The highest BCUT2D eigenvalue weighted by molar-refractivity contribution is 7.80. The molecule has 2 heterocycles. The number of carbonyl (C=O) groups excluding carboxylic acids is 3. The smallest absolute Gasteiger partial charge is 0.413 e. The molecular weight excluding hydrogens is 426 g/mol. The lowest BCUT2D eigenvalue weighted by atomic mass is 10.1. The molecule has 1 saturated heterocycles. The highest BCUT2D eigenvalue weighted by Gasteiger charge is 2.35. The van der Waals surface area contributed by atoms with Crippen molar-refractivity contribution in [3.05, 3.63) is 0 Å². The van der Waals surface area contributed by atoms with E-state index in [2.05, 4.69) is 25.9 Å². The van der Waals surface area contributed by atoms with Crippen LogP contribution in [0.25, 0.3) is 0 Å². The van der Waals surface area contributed by atoms with E-state index in [0.29, 0.717) is 13.0 Å². The number of hydrogen-bond donors (Lipinski definition) is 4. The van der Waals surface area contributed by atoms with Gasteiger partial charge >= 0.3 is 12.1 Å². The molecule has 0 aliphatic carbocycles. The molecule has 2 aliphatic rings. The van der Waals surface area contributed by atoms with E-state index in [0.717, 1.165) is 6.42 Å². The molecule has 31 heavy (non-hydrogen) atoms. The first-order valence-electron chi connectivity index (χ1n) is 9.90. The number of thiocarbonyl (C=S) groups is 1. The van der Waals surface area contributed by atoms with Crippen LogP contribution < -0.4 is 21.7 Å². The minimum atomic E-state index is -1.08. The Balaban J connectivity index is 2.10. The summed E-state index contributed by atoms with van der Waals surface area (Å²) in [5.41, 5.74) is 5.07. The SMILES string of the molecule is CCOC(=O)NC(=S)NC1C(=O)NC(N)=N/C1=N\CN1CCCC1C(=O)OC(C)(C)C. The van der Waals surface area contributed by atoms with Crippen LogP contribution in [0.3, 0.4) is 0 Å². The van der Waals surface area contributed by atoms with Gasteiger partial charge in [0.25, 0.3) is 5.91 Å². The van der Waals surface area contributed by atoms with Crippen LogP contribution in [-0.4, -0.2) is 77.3 Å². The van der Waals surface area contributed by atoms with Gasteiger partial charge in [-0.25, -0.2) is 4.79 Å². The van der Waals surface area contributed by atoms with Crippen LogP contribution in [0.4, 0.5) is 4.79 Å². The number of hydrogen-bond acceptors (Lipinski definition) is 9. The number of likely N-dealkylation sites (tertiary alicyclic amines) is 1. The van der Waals surface area contributed by atoms with Crippen molar-refractivity contribution in [2.75, 3.05) is 19.8 Å². The Morgan fingerprint density at radius 1 is 1.42 bits per heavy atom. The number of carbonyl (C=O) groups is 3. The third-order valence-electron chi connectivity index (χ3n) is 4.23. The Hall–Kier alpha value is -2.80. The Morgan fingerprint density at radius 2 is 2.13 bits per heavy atom. The maximum Gasteiger partial charge on any atom is 0.413 e. The van der Waals surface area contributed by atoms with Crippen LogP contribution in [0.2, 0.25) is 0 Å². The molecule has 0 radical (unpaired) electrons. The quantitative estimate of drug-likeness (QED) is 0.319. The van der Waals surface area contributed by atoms with Crippen molar-refractivity contribution < 1.29 is 23.9 Å². The van der Waals surface area contributed by atoms with Gasteiger partial charge in [-0.2, -0.15) is 4.99 Å². The van der Waals surface area contributed by atoms with Crippen LogP contribution in [0.15, 0.2) is 9.98 Å². The summed E-state index contributed by atoms with van der Waals surface area (Å²) in [5.74, 6) is -0.895. The summed E-state index contributed by atoms with van der Waals surface area (Å²) in [6.45, 7) is 8.01. The second-order valence-electron chi connectivity index (χ2n) is 7.90. The lowest BCUT2D eigenvalue weighted by molar-refractivity contribution is -0.160. The second-order valence-corrected chi connectivity index (χ2v) is 8.31. The Labute approximate surface area is 186 Å². The fourth-order valence-corrected chi connectivity index (χ4v) is 3.21. The molecule has 0 aromatic heterocycles. The topological polar surface area (TPSA) is 160 Å². The van der Waals surface area contributed by atoms with Crippen molar-refractivity contribution in [3.63, 3.8) is 0 Å². The third-order valence-corrected chi connectivity index (χ3v) is 4.45. The number of nitrogens with one attached hydrogen (secondary N) is 3. The zero-order valence-corrected chi connectivity index (χ0v) is 18.9. The van der Waals surface area contributed by atoms with E-state index in [4.69, 9.17) is 27.4 Å². The van der Waals surface area contributed by atoms with Crippen molar-refractivity contribution >= 4 is 47.1 Å². The van der Waals surface area contributed by atoms with Gasteiger partial charge in [0.2, 0.25) is 5.96 Å². The average molecular weight is 456 g/mol. The van der Waals surface area contributed by atoms with Crippen LogP contribution in [-0.2, 0) is 19.1 Å². The molecule has 2 amide bonds. The summed E-state index contributed by atoms with van der Waals surface area (Å²) in [6.07, 6.45) is 0.714. The second kappa shape index (κ2) is 10.5. The predicted molar refractivity (Wildman–Crippen MR) is 117 cm³/mol. The standard InChI is InChI=1S/C18H29N7O5S/c1-5-29-17(28)24-16(31)21-11-12(22-15(19)23-13(11)26)20-9-25-8-6-7-10(25)14(27)30-18(2,3)4/h10-11H,5-9H2,1-4H3,(H2,21,24,28,31)(H3,19,20,22,23,26). The number of aliphatic imine (C=N–C) groups is 2. The van der Waals surface area contributed by atoms with Gasteiger partial charge in [-0.05, 0) is 52.8 Å². The Bertz CT molecular complexity index is 793. The lowest BCUT2D eigenvalue weighted by Crippen LogP contribution is -2.59. The summed E-state index contributed by atoms with van der Waals surface area (Å²) in [4.78, 5) is 46.7. The van der Waals surface area contributed by atoms with E-state index >= 15 is 0 Å². The van der Waals surface area contributed by atoms with E-state index in [1.54, 1.807) is 6.92 Å². The van der Waals surface area contributed by atoms with Gasteiger partial charge in [0, 0.05) is 6.54 Å². The van der Waals surface area contributed by atoms with Crippen molar-refractivity contribution in [3.8, 4) is 0 Å². The number of amidine groups is 1. The van der Waals surface area contributed by atoms with E-state index < -0.39 is 29.7 Å². The van der Waals surface area contributed by atoms with Crippen LogP contribution in [0, 0.1) is 0 Å². The molecule has 1 fully saturated rings.